The minimum absolute atomic E-state index is 0.300. The van der Waals surface area contributed by atoms with Gasteiger partial charge in [0.15, 0.2) is 0 Å². The van der Waals surface area contributed by atoms with Crippen LogP contribution in [0.2, 0.25) is 0 Å². The fourth-order valence-electron chi connectivity index (χ4n) is 0. The average molecular weight is 418 g/mol. The third kappa shape index (κ3) is 15.8. The molecule has 0 aromatic carbocycles. The Morgan fingerprint density at radius 1 is 1.50 bits per heavy atom. The quantitative estimate of drug-likeness (QED) is 0.585. The second kappa shape index (κ2) is 15.7. The van der Waals surface area contributed by atoms with E-state index in [0.717, 1.165) is 0 Å². The van der Waals surface area contributed by atoms with E-state index in [4.69, 9.17) is 2.81 Å². The van der Waals surface area contributed by atoms with E-state index < -0.39 is 49.1 Å². The third-order valence-electron chi connectivity index (χ3n) is 0.0481. The zero-order valence-corrected chi connectivity index (χ0v) is 12.0. The van der Waals surface area contributed by atoms with Gasteiger partial charge in [0, 0.05) is 0 Å². The van der Waals surface area contributed by atoms with Gasteiger partial charge in [-0.3, -0.25) is 0 Å². The van der Waals surface area contributed by atoms with Gasteiger partial charge in [-0.1, -0.05) is 0 Å². The topological polar surface area (TPSA) is 51.2 Å². The van der Waals surface area contributed by atoms with Crippen LogP contribution in [0.15, 0.2) is 0 Å². The van der Waals surface area contributed by atoms with Gasteiger partial charge in [-0.2, -0.15) is 0 Å². The Labute approximate surface area is 76.3 Å². The first kappa shape index (κ1) is 11.6. The molecule has 0 amide bonds. The normalized spacial score (nSPS) is 2.50. The van der Waals surface area contributed by atoms with E-state index in [-0.39, 0.29) is 0 Å². The van der Waals surface area contributed by atoms with Crippen molar-refractivity contribution in [3.63, 3.8) is 0 Å². The van der Waals surface area contributed by atoms with Crippen molar-refractivity contribution >= 4 is 0 Å². The summed E-state index contributed by atoms with van der Waals surface area (Å²) in [6.45, 7) is 0. The van der Waals surface area contributed by atoms with Gasteiger partial charge in [0.1, 0.15) is 0 Å². The summed E-state index contributed by atoms with van der Waals surface area (Å²) < 4.78 is 26.9. The third-order valence-corrected chi connectivity index (χ3v) is 2.55. The van der Waals surface area contributed by atoms with Crippen LogP contribution < -0.4 is 0 Å². The Bertz CT molecular complexity index is 40.1. The Hall–Kier alpha value is 2.85. The molecule has 0 radical (unpaired) electrons. The van der Waals surface area contributed by atoms with Gasteiger partial charge in [-0.25, -0.2) is 0 Å². The molecule has 0 spiro atoms. The summed E-state index contributed by atoms with van der Waals surface area (Å²) in [6.07, 6.45) is 0. The molecule has 0 atom stereocenters. The van der Waals surface area contributed by atoms with E-state index in [9.17, 15) is 2.63 Å². The summed E-state index contributed by atoms with van der Waals surface area (Å²) in [7, 11) is 0. The predicted molar refractivity (Wildman–Crippen MR) is 2.06 cm³/mol. The zero-order valence-electron chi connectivity index (χ0n) is 2.80. The van der Waals surface area contributed by atoms with Crippen LogP contribution in [-0.2, 0) is 30.2 Å². The van der Waals surface area contributed by atoms with Crippen LogP contribution in [0, 0.1) is 49.1 Å². The average Bonchev–Trinajstić information content (AvgIpc) is 1.72. The summed E-state index contributed by atoms with van der Waals surface area (Å²) in [6, 6.07) is 0. The molecule has 3 nitrogen and oxygen atoms in total. The summed E-state index contributed by atoms with van der Waals surface area (Å²) in [4.78, 5) is 0. The van der Waals surface area contributed by atoms with E-state index in [1.807, 2.05) is 0 Å². The maximum atomic E-state index is 9.28. The molecule has 0 aromatic rings. The van der Waals surface area contributed by atoms with E-state index in [1.165, 1.54) is 0 Å². The predicted octanol–water partition coefficient (Wildman–Crippen LogP) is -0.359. The molecule has 0 aliphatic rings. The van der Waals surface area contributed by atoms with Crippen molar-refractivity contribution in [1.29, 1.82) is 0 Å². The Morgan fingerprint density at radius 3 is 1.67 bits per heavy atom. The molecule has 6 heteroatoms. The molecule has 29 valence electrons. The first-order chi connectivity index (χ1) is 2.91. The summed E-state index contributed by atoms with van der Waals surface area (Å²) in [5, 5.41) is 0. The summed E-state index contributed by atoms with van der Waals surface area (Å²) in [5.41, 5.74) is 0. The van der Waals surface area contributed by atoms with Gasteiger partial charge >= 0.3 is 79.3 Å². The van der Waals surface area contributed by atoms with Crippen LogP contribution >= 0.6 is 0 Å². The van der Waals surface area contributed by atoms with Crippen molar-refractivity contribution < 1.29 is 79.3 Å². The molecule has 0 fully saturated rings. The molecule has 0 bridgehead atoms. The van der Waals surface area contributed by atoms with E-state index in [2.05, 4.69) is 0 Å². The van der Waals surface area contributed by atoms with E-state index >= 15 is 0 Å². The second-order valence-electron chi connectivity index (χ2n) is 0.236. The monoisotopic (exact) mass is 417 g/mol. The molecule has 0 aromatic heterocycles. The van der Waals surface area contributed by atoms with Crippen LogP contribution in [0.3, 0.4) is 0 Å². The number of rotatable bonds is 1. The number of hydrogen-bond donors (Lipinski definition) is 0. The van der Waals surface area contributed by atoms with Crippen molar-refractivity contribution in [1.82, 2.24) is 0 Å². The Kier molecular flexibility index (Phi) is 30.3. The van der Waals surface area contributed by atoms with Crippen LogP contribution in [0.1, 0.15) is 0 Å². The van der Waals surface area contributed by atoms with Gasteiger partial charge in [0.25, 0.3) is 0 Å². The molecule has 6 heavy (non-hydrogen) atoms. The SMILES string of the molecule is [O]=[La][Ce]=[O].[O]=[Zr]. The van der Waals surface area contributed by atoms with Crippen LogP contribution in [0.25, 0.3) is 0 Å². The number of hydrogen-bond acceptors (Lipinski definition) is 3. The van der Waals surface area contributed by atoms with Crippen molar-refractivity contribution in [2.45, 2.75) is 0 Å². The van der Waals surface area contributed by atoms with Crippen LogP contribution in [0.5, 0.6) is 0 Å². The first-order valence-corrected chi connectivity index (χ1v) is 19.7. The van der Waals surface area contributed by atoms with Gasteiger partial charge in [0.2, 0.25) is 0 Å². The molecule has 0 saturated heterocycles. The fourth-order valence-corrected chi connectivity index (χ4v) is 0. The first-order valence-electron chi connectivity index (χ1n) is 0.933. The standard InChI is InChI=1S/Ce.La.3O.Zr. The summed E-state index contributed by atoms with van der Waals surface area (Å²) in [5.74, 6) is 0. The molecular formula is CeLaO3Zr. The van der Waals surface area contributed by atoms with Crippen molar-refractivity contribution in [2.24, 2.45) is 0 Å². The van der Waals surface area contributed by atoms with Gasteiger partial charge in [0.05, 0.1) is 0 Å². The molecule has 0 saturated carbocycles. The molecule has 0 rings (SSSR count). The van der Waals surface area contributed by atoms with Crippen molar-refractivity contribution in [3.8, 4) is 0 Å². The Balaban J connectivity index is 0. The van der Waals surface area contributed by atoms with Crippen molar-refractivity contribution in [3.05, 3.63) is 0 Å². The van der Waals surface area contributed by atoms with Gasteiger partial charge in [-0.05, 0) is 0 Å². The maximum absolute atomic E-state index is 9.28. The summed E-state index contributed by atoms with van der Waals surface area (Å²) >= 11 is -2.87. The second-order valence-corrected chi connectivity index (χ2v) is 12.5. The Morgan fingerprint density at radius 2 is 1.67 bits per heavy atom. The van der Waals surface area contributed by atoms with Crippen LogP contribution in [-0.4, -0.2) is 0 Å². The zero-order chi connectivity index (χ0) is 5.41. The molecule has 0 heterocycles. The van der Waals surface area contributed by atoms with Crippen molar-refractivity contribution in [2.75, 3.05) is 0 Å². The molecule has 0 aliphatic heterocycles. The van der Waals surface area contributed by atoms with Gasteiger partial charge in [-0.15, -0.1) is 0 Å². The molecule has 0 N–H and O–H groups in total. The molecule has 0 aliphatic carbocycles. The van der Waals surface area contributed by atoms with E-state index in [1.54, 1.807) is 0 Å². The molecular weight excluding hydrogens is 418 g/mol. The minimum atomic E-state index is -1.63. The fraction of sp³-hybridized carbons (Fsp3) is 0. The van der Waals surface area contributed by atoms with Crippen LogP contribution in [0.4, 0.5) is 0 Å². The van der Waals surface area contributed by atoms with Gasteiger partial charge < -0.3 is 0 Å². The van der Waals surface area contributed by atoms with E-state index in [0.29, 0.717) is 24.7 Å². The molecule has 0 unspecified atom stereocenters.